The Morgan fingerprint density at radius 3 is 2.80 bits per heavy atom. The monoisotopic (exact) mass is 208 g/mol. The topological polar surface area (TPSA) is 33.4 Å². The van der Waals surface area contributed by atoms with Gasteiger partial charge in [-0.15, -0.1) is 6.58 Å². The largest absolute Gasteiger partial charge is 0.464 e. The van der Waals surface area contributed by atoms with Crippen LogP contribution in [0.1, 0.15) is 49.7 Å². The molecular weight excluding hydrogens is 188 g/mol. The van der Waals surface area contributed by atoms with Crippen LogP contribution >= 0.6 is 0 Å². The Kier molecular flexibility index (Phi) is 5.19. The summed E-state index contributed by atoms with van der Waals surface area (Å²) in [5.41, 5.74) is 0. The number of aryl methyl sites for hydroxylation is 1. The van der Waals surface area contributed by atoms with Gasteiger partial charge in [-0.05, 0) is 38.3 Å². The Morgan fingerprint density at radius 1 is 1.40 bits per heavy atom. The minimum atomic E-state index is -0.442. The van der Waals surface area contributed by atoms with E-state index in [0.29, 0.717) is 5.76 Å². The zero-order valence-electron chi connectivity index (χ0n) is 9.41. The number of hydrogen-bond acceptors (Lipinski definition) is 2. The van der Waals surface area contributed by atoms with E-state index in [-0.39, 0.29) is 0 Å². The Hall–Kier alpha value is -1.02. The van der Waals surface area contributed by atoms with Crippen LogP contribution in [0.25, 0.3) is 0 Å². The number of furan rings is 1. The molecule has 1 atom stereocenters. The molecule has 2 heteroatoms. The summed E-state index contributed by atoms with van der Waals surface area (Å²) in [5.74, 6) is 1.55. The second-order valence-corrected chi connectivity index (χ2v) is 3.89. The van der Waals surface area contributed by atoms with Gasteiger partial charge >= 0.3 is 0 Å². The van der Waals surface area contributed by atoms with Crippen LogP contribution in [-0.4, -0.2) is 5.11 Å². The molecule has 0 saturated carbocycles. The van der Waals surface area contributed by atoms with E-state index in [9.17, 15) is 5.11 Å². The lowest BCUT2D eigenvalue weighted by Gasteiger charge is -2.06. The average molecular weight is 208 g/mol. The molecule has 0 aromatic carbocycles. The van der Waals surface area contributed by atoms with Crippen molar-refractivity contribution in [2.45, 2.75) is 45.1 Å². The summed E-state index contributed by atoms with van der Waals surface area (Å²) < 4.78 is 5.36. The van der Waals surface area contributed by atoms with Crippen LogP contribution in [0.3, 0.4) is 0 Å². The standard InChI is InChI=1S/C13H20O2/c1-3-4-5-6-7-8-12(14)13-10-9-11(2)15-13/h3,9-10,12,14H,1,4-8H2,2H3. The number of hydrogen-bond donors (Lipinski definition) is 1. The Bertz CT molecular complexity index is 288. The van der Waals surface area contributed by atoms with Gasteiger partial charge in [-0.1, -0.05) is 18.9 Å². The van der Waals surface area contributed by atoms with Gasteiger partial charge in [0.1, 0.15) is 17.6 Å². The highest BCUT2D eigenvalue weighted by molar-refractivity contribution is 5.07. The maximum atomic E-state index is 9.78. The molecule has 1 rings (SSSR count). The average Bonchev–Trinajstić information content (AvgIpc) is 2.64. The van der Waals surface area contributed by atoms with Crippen LogP contribution in [0.4, 0.5) is 0 Å². The molecule has 0 bridgehead atoms. The lowest BCUT2D eigenvalue weighted by atomic mass is 10.1. The third-order valence-corrected chi connectivity index (χ3v) is 2.48. The van der Waals surface area contributed by atoms with Crippen LogP contribution < -0.4 is 0 Å². The molecule has 0 aliphatic rings. The molecular formula is C13H20O2. The second kappa shape index (κ2) is 6.46. The lowest BCUT2D eigenvalue weighted by Crippen LogP contribution is -1.95. The number of rotatable bonds is 7. The van der Waals surface area contributed by atoms with Crippen molar-refractivity contribution < 1.29 is 9.52 Å². The molecule has 2 nitrogen and oxygen atoms in total. The molecule has 0 saturated heterocycles. The van der Waals surface area contributed by atoms with E-state index >= 15 is 0 Å². The highest BCUT2D eigenvalue weighted by Gasteiger charge is 2.10. The van der Waals surface area contributed by atoms with Gasteiger partial charge in [0.15, 0.2) is 0 Å². The maximum absolute atomic E-state index is 9.78. The number of aliphatic hydroxyl groups is 1. The van der Waals surface area contributed by atoms with E-state index in [1.165, 1.54) is 0 Å². The van der Waals surface area contributed by atoms with Crippen molar-refractivity contribution in [2.75, 3.05) is 0 Å². The summed E-state index contributed by atoms with van der Waals surface area (Å²) in [6, 6.07) is 3.74. The van der Waals surface area contributed by atoms with E-state index in [0.717, 1.165) is 37.9 Å². The molecule has 0 spiro atoms. The summed E-state index contributed by atoms with van der Waals surface area (Å²) in [5, 5.41) is 9.78. The van der Waals surface area contributed by atoms with Crippen LogP contribution in [0, 0.1) is 6.92 Å². The molecule has 1 N–H and O–H groups in total. The minimum Gasteiger partial charge on any atom is -0.464 e. The normalized spacial score (nSPS) is 12.7. The van der Waals surface area contributed by atoms with E-state index < -0.39 is 6.10 Å². The fourth-order valence-corrected chi connectivity index (χ4v) is 1.58. The Morgan fingerprint density at radius 2 is 2.20 bits per heavy atom. The van der Waals surface area contributed by atoms with Gasteiger partial charge in [-0.3, -0.25) is 0 Å². The molecule has 1 heterocycles. The third-order valence-electron chi connectivity index (χ3n) is 2.48. The van der Waals surface area contributed by atoms with Crippen molar-refractivity contribution in [2.24, 2.45) is 0 Å². The maximum Gasteiger partial charge on any atom is 0.132 e. The predicted molar refractivity (Wildman–Crippen MR) is 61.7 cm³/mol. The van der Waals surface area contributed by atoms with Crippen molar-refractivity contribution in [3.63, 3.8) is 0 Å². The van der Waals surface area contributed by atoms with Gasteiger partial charge in [0.2, 0.25) is 0 Å². The molecule has 84 valence electrons. The van der Waals surface area contributed by atoms with Crippen molar-refractivity contribution in [3.8, 4) is 0 Å². The molecule has 0 aliphatic heterocycles. The van der Waals surface area contributed by atoms with Crippen LogP contribution in [0.15, 0.2) is 29.2 Å². The first-order valence-electron chi connectivity index (χ1n) is 5.59. The Balaban J connectivity index is 2.18. The van der Waals surface area contributed by atoms with Crippen LogP contribution in [0.2, 0.25) is 0 Å². The van der Waals surface area contributed by atoms with Crippen molar-refractivity contribution in [3.05, 3.63) is 36.3 Å². The van der Waals surface area contributed by atoms with E-state index in [1.807, 2.05) is 25.1 Å². The molecule has 15 heavy (non-hydrogen) atoms. The van der Waals surface area contributed by atoms with Gasteiger partial charge in [-0.25, -0.2) is 0 Å². The van der Waals surface area contributed by atoms with Crippen LogP contribution in [-0.2, 0) is 0 Å². The smallest absolute Gasteiger partial charge is 0.132 e. The Labute approximate surface area is 91.6 Å². The van der Waals surface area contributed by atoms with Gasteiger partial charge in [0.05, 0.1) is 0 Å². The van der Waals surface area contributed by atoms with Crippen molar-refractivity contribution >= 4 is 0 Å². The zero-order chi connectivity index (χ0) is 11.1. The first-order chi connectivity index (χ1) is 7.24. The van der Waals surface area contributed by atoms with Crippen molar-refractivity contribution in [1.29, 1.82) is 0 Å². The van der Waals surface area contributed by atoms with Gasteiger partial charge in [-0.2, -0.15) is 0 Å². The van der Waals surface area contributed by atoms with Gasteiger partial charge < -0.3 is 9.52 Å². The highest BCUT2D eigenvalue weighted by Crippen LogP contribution is 2.21. The minimum absolute atomic E-state index is 0.442. The van der Waals surface area contributed by atoms with E-state index in [1.54, 1.807) is 0 Å². The summed E-state index contributed by atoms with van der Waals surface area (Å²) in [6.07, 6.45) is 6.68. The molecule has 1 unspecified atom stereocenters. The summed E-state index contributed by atoms with van der Waals surface area (Å²) in [4.78, 5) is 0. The fraction of sp³-hybridized carbons (Fsp3) is 0.538. The van der Waals surface area contributed by atoms with Crippen molar-refractivity contribution in [1.82, 2.24) is 0 Å². The number of aliphatic hydroxyl groups excluding tert-OH is 1. The summed E-state index contributed by atoms with van der Waals surface area (Å²) >= 11 is 0. The SMILES string of the molecule is C=CCCCCCC(O)c1ccc(C)o1. The van der Waals surface area contributed by atoms with E-state index in [2.05, 4.69) is 6.58 Å². The molecule has 0 fully saturated rings. The zero-order valence-corrected chi connectivity index (χ0v) is 9.41. The number of unbranched alkanes of at least 4 members (excludes halogenated alkanes) is 3. The fourth-order valence-electron chi connectivity index (χ4n) is 1.58. The first-order valence-corrected chi connectivity index (χ1v) is 5.59. The van der Waals surface area contributed by atoms with Gasteiger partial charge in [0.25, 0.3) is 0 Å². The number of allylic oxidation sites excluding steroid dienone is 1. The molecule has 0 aliphatic carbocycles. The van der Waals surface area contributed by atoms with Crippen LogP contribution in [0.5, 0.6) is 0 Å². The van der Waals surface area contributed by atoms with Gasteiger partial charge in [0, 0.05) is 0 Å². The quantitative estimate of drug-likeness (QED) is 0.546. The first kappa shape index (κ1) is 12.1. The molecule has 1 aromatic heterocycles. The molecule has 0 amide bonds. The molecule has 0 radical (unpaired) electrons. The predicted octanol–water partition coefficient (Wildman–Crippen LogP) is 3.76. The second-order valence-electron chi connectivity index (χ2n) is 3.89. The summed E-state index contributed by atoms with van der Waals surface area (Å²) in [7, 11) is 0. The van der Waals surface area contributed by atoms with E-state index in [4.69, 9.17) is 4.42 Å². The third kappa shape index (κ3) is 4.34. The highest BCUT2D eigenvalue weighted by atomic mass is 16.4. The summed E-state index contributed by atoms with van der Waals surface area (Å²) in [6.45, 7) is 5.57. The molecule has 1 aromatic rings. The lowest BCUT2D eigenvalue weighted by molar-refractivity contribution is 0.135.